The van der Waals surface area contributed by atoms with Gasteiger partial charge in [0.2, 0.25) is 0 Å². The molecule has 1 amide bonds. The molecule has 1 aliphatic rings. The van der Waals surface area contributed by atoms with Crippen molar-refractivity contribution in [1.82, 2.24) is 9.55 Å². The van der Waals surface area contributed by atoms with Crippen LogP contribution in [0.5, 0.6) is 17.2 Å². The lowest BCUT2D eigenvalue weighted by atomic mass is 10.2. The molecule has 1 aliphatic heterocycles. The number of hydrogen-bond donors (Lipinski definition) is 1. The fraction of sp³-hybridized carbons (Fsp3) is 0.231. The van der Waals surface area contributed by atoms with Crippen LogP contribution in [0, 0.1) is 0 Å². The fourth-order valence-corrected chi connectivity index (χ4v) is 4.24. The lowest BCUT2D eigenvalue weighted by molar-refractivity contribution is -0.118. The Morgan fingerprint density at radius 1 is 0.941 bits per heavy atom. The minimum Gasteiger partial charge on any atom is -0.495 e. The summed E-state index contributed by atoms with van der Waals surface area (Å²) < 4.78 is 18.7. The van der Waals surface area contributed by atoms with Gasteiger partial charge in [-0.15, -0.1) is 0 Å². The molecule has 1 aromatic heterocycles. The highest BCUT2D eigenvalue weighted by atomic mass is 16.5. The van der Waals surface area contributed by atoms with Gasteiger partial charge in [0, 0.05) is 18.8 Å². The highest BCUT2D eigenvalue weighted by molar-refractivity contribution is 5.94. The number of carbonyl (C=O) groups is 1. The number of nitrogens with one attached hydrogen (secondary N) is 1. The van der Waals surface area contributed by atoms with Crippen molar-refractivity contribution in [2.45, 2.75) is 13.1 Å². The number of aromatic nitrogens is 2. The fourth-order valence-electron chi connectivity index (χ4n) is 4.24. The maximum atomic E-state index is 12.6. The number of nitrogens with zero attached hydrogens (tertiary/aromatic N) is 3. The van der Waals surface area contributed by atoms with Gasteiger partial charge in [-0.25, -0.2) is 4.98 Å². The highest BCUT2D eigenvalue weighted by Crippen LogP contribution is 2.32. The van der Waals surface area contributed by atoms with Crippen LogP contribution in [0.2, 0.25) is 0 Å². The monoisotopic (exact) mass is 458 g/mol. The van der Waals surface area contributed by atoms with E-state index >= 15 is 0 Å². The Hall–Kier alpha value is -4.20. The Morgan fingerprint density at radius 2 is 1.71 bits per heavy atom. The van der Waals surface area contributed by atoms with Gasteiger partial charge in [0.05, 0.1) is 37.5 Å². The summed E-state index contributed by atoms with van der Waals surface area (Å²) in [6.45, 7) is 2.22. The Bertz CT molecular complexity index is 1330. The Kier molecular flexibility index (Phi) is 5.95. The Labute approximate surface area is 197 Å². The molecule has 3 aromatic carbocycles. The summed E-state index contributed by atoms with van der Waals surface area (Å²) in [6.07, 6.45) is 0. The molecule has 34 heavy (non-hydrogen) atoms. The normalized spacial score (nSPS) is 12.8. The molecule has 4 aromatic rings. The predicted octanol–water partition coefficient (Wildman–Crippen LogP) is 4.09. The molecule has 8 heteroatoms. The number of rotatable bonds is 7. The second-order valence-electron chi connectivity index (χ2n) is 7.96. The zero-order valence-corrected chi connectivity index (χ0v) is 19.2. The summed E-state index contributed by atoms with van der Waals surface area (Å²) in [6, 6.07) is 21.2. The number of para-hydroxylation sites is 4. The van der Waals surface area contributed by atoms with E-state index in [1.807, 2.05) is 48.5 Å². The van der Waals surface area contributed by atoms with Crippen LogP contribution in [-0.4, -0.2) is 42.8 Å². The molecule has 0 unspecified atom stereocenters. The number of ether oxygens (including phenoxy) is 3. The Balaban J connectivity index is 1.31. The van der Waals surface area contributed by atoms with Gasteiger partial charge in [-0.1, -0.05) is 24.3 Å². The molecule has 174 valence electrons. The van der Waals surface area contributed by atoms with Crippen LogP contribution in [0.3, 0.4) is 0 Å². The third kappa shape index (κ3) is 4.22. The van der Waals surface area contributed by atoms with Gasteiger partial charge in [-0.05, 0) is 42.5 Å². The second kappa shape index (κ2) is 9.35. The largest absolute Gasteiger partial charge is 0.495 e. The molecule has 0 saturated heterocycles. The minimum atomic E-state index is -0.290. The van der Waals surface area contributed by atoms with Gasteiger partial charge < -0.3 is 29.0 Å². The highest BCUT2D eigenvalue weighted by Gasteiger charge is 2.21. The van der Waals surface area contributed by atoms with Crippen LogP contribution in [0.25, 0.3) is 11.0 Å². The first-order valence-corrected chi connectivity index (χ1v) is 11.1. The first-order chi connectivity index (χ1) is 16.7. The van der Waals surface area contributed by atoms with Crippen molar-refractivity contribution in [2.24, 2.45) is 0 Å². The molecule has 2 heterocycles. The average molecular weight is 459 g/mol. The van der Waals surface area contributed by atoms with Crippen LogP contribution in [0.4, 0.5) is 11.4 Å². The van der Waals surface area contributed by atoms with E-state index in [1.54, 1.807) is 26.4 Å². The molecular weight excluding hydrogens is 432 g/mol. The van der Waals surface area contributed by atoms with Gasteiger partial charge in [0.1, 0.15) is 11.6 Å². The number of benzene rings is 3. The number of carbonyl (C=O) groups excluding carboxylic acids is 1. The van der Waals surface area contributed by atoms with E-state index in [0.717, 1.165) is 35.6 Å². The molecule has 8 nitrogen and oxygen atoms in total. The molecular formula is C26H26N4O4. The van der Waals surface area contributed by atoms with Crippen molar-refractivity contribution in [1.29, 1.82) is 0 Å². The maximum absolute atomic E-state index is 12.6. The molecule has 0 aliphatic carbocycles. The van der Waals surface area contributed by atoms with E-state index in [4.69, 9.17) is 19.2 Å². The van der Waals surface area contributed by atoms with E-state index in [9.17, 15) is 4.79 Å². The average Bonchev–Trinajstić information content (AvgIpc) is 3.25. The summed E-state index contributed by atoms with van der Waals surface area (Å²) in [5, 5.41) is 2.91. The summed E-state index contributed by atoms with van der Waals surface area (Å²) >= 11 is 0. The van der Waals surface area contributed by atoms with Gasteiger partial charge >= 0.3 is 0 Å². The molecule has 0 saturated carbocycles. The molecule has 0 bridgehead atoms. The van der Waals surface area contributed by atoms with Crippen molar-refractivity contribution in [3.05, 3.63) is 72.6 Å². The number of amides is 1. The second-order valence-corrected chi connectivity index (χ2v) is 7.96. The molecule has 0 atom stereocenters. The summed E-state index contributed by atoms with van der Waals surface area (Å²) in [4.78, 5) is 19.7. The number of anilines is 2. The van der Waals surface area contributed by atoms with Crippen LogP contribution in [-0.2, 0) is 17.9 Å². The summed E-state index contributed by atoms with van der Waals surface area (Å²) in [5.41, 5.74) is 3.75. The van der Waals surface area contributed by atoms with Gasteiger partial charge in [-0.2, -0.15) is 0 Å². The maximum Gasteiger partial charge on any atom is 0.262 e. The van der Waals surface area contributed by atoms with Crippen LogP contribution >= 0.6 is 0 Å². The van der Waals surface area contributed by atoms with E-state index in [2.05, 4.69) is 20.9 Å². The zero-order chi connectivity index (χ0) is 23.5. The SMILES string of the molecule is COc1ccc(N2CCn3c(nc4ccccc43)C2)cc1NC(=O)COc1ccccc1OC. The molecule has 1 N–H and O–H groups in total. The first kappa shape index (κ1) is 21.6. The van der Waals surface area contributed by atoms with Crippen LogP contribution in [0.15, 0.2) is 66.7 Å². The third-order valence-corrected chi connectivity index (χ3v) is 5.91. The number of hydrogen-bond acceptors (Lipinski definition) is 6. The van der Waals surface area contributed by atoms with E-state index in [1.165, 1.54) is 0 Å². The number of methoxy groups -OCH3 is 2. The molecule has 0 fully saturated rings. The Morgan fingerprint density at radius 3 is 2.53 bits per heavy atom. The van der Waals surface area contributed by atoms with Crippen molar-refractivity contribution in [2.75, 3.05) is 37.6 Å². The predicted molar refractivity (Wildman–Crippen MR) is 131 cm³/mol. The van der Waals surface area contributed by atoms with E-state index in [-0.39, 0.29) is 12.5 Å². The minimum absolute atomic E-state index is 0.151. The zero-order valence-electron chi connectivity index (χ0n) is 19.2. The van der Waals surface area contributed by atoms with Crippen molar-refractivity contribution in [3.8, 4) is 17.2 Å². The van der Waals surface area contributed by atoms with Crippen molar-refractivity contribution < 1.29 is 19.0 Å². The van der Waals surface area contributed by atoms with Crippen molar-refractivity contribution in [3.63, 3.8) is 0 Å². The van der Waals surface area contributed by atoms with E-state index < -0.39 is 0 Å². The van der Waals surface area contributed by atoms with E-state index in [0.29, 0.717) is 29.5 Å². The quantitative estimate of drug-likeness (QED) is 0.450. The third-order valence-electron chi connectivity index (χ3n) is 5.91. The standard InChI is InChI=1S/C26H26N4O4/c1-32-22-12-11-18(29-13-14-30-21-8-4-3-7-19(21)27-25(30)16-29)15-20(22)28-26(31)17-34-24-10-6-5-9-23(24)33-2/h3-12,15H,13-14,16-17H2,1-2H3,(H,28,31). The summed E-state index contributed by atoms with van der Waals surface area (Å²) in [7, 11) is 3.15. The molecule has 0 radical (unpaired) electrons. The van der Waals surface area contributed by atoms with Gasteiger partial charge in [0.25, 0.3) is 5.91 Å². The molecule has 0 spiro atoms. The summed E-state index contributed by atoms with van der Waals surface area (Å²) in [5.74, 6) is 2.41. The lowest BCUT2D eigenvalue weighted by Crippen LogP contribution is -2.33. The number of fused-ring (bicyclic) bond motifs is 3. The van der Waals surface area contributed by atoms with Crippen molar-refractivity contribution >= 4 is 28.3 Å². The topological polar surface area (TPSA) is 77.9 Å². The van der Waals surface area contributed by atoms with Crippen LogP contribution in [0.1, 0.15) is 5.82 Å². The first-order valence-electron chi connectivity index (χ1n) is 11.1. The van der Waals surface area contributed by atoms with Gasteiger partial charge in [-0.3, -0.25) is 4.79 Å². The smallest absolute Gasteiger partial charge is 0.262 e. The van der Waals surface area contributed by atoms with Gasteiger partial charge in [0.15, 0.2) is 18.1 Å². The number of imidazole rings is 1. The van der Waals surface area contributed by atoms with Crippen LogP contribution < -0.4 is 24.4 Å². The molecule has 5 rings (SSSR count). The lowest BCUT2D eigenvalue weighted by Gasteiger charge is -2.30.